The number of thiazole rings is 1. The number of carbonyl (C=O) groups excluding carboxylic acids is 1. The number of aliphatic carboxylic acids is 1. The number of alkyl halides is 6. The van der Waals surface area contributed by atoms with Crippen LogP contribution in [-0.4, -0.2) is 21.6 Å². The SMILES string of the molecule is O=C(O)Cn1c(=NC(=O)c2cccc(C(F)(F)F)c2)sc2c(C(F)(F)F)cccc21. The Morgan fingerprint density at radius 3 is 2.27 bits per heavy atom. The van der Waals surface area contributed by atoms with Crippen molar-refractivity contribution in [1.29, 1.82) is 0 Å². The van der Waals surface area contributed by atoms with E-state index < -0.39 is 47.5 Å². The predicted molar refractivity (Wildman–Crippen MR) is 93.8 cm³/mol. The summed E-state index contributed by atoms with van der Waals surface area (Å²) in [7, 11) is 0. The number of rotatable bonds is 3. The van der Waals surface area contributed by atoms with Crippen molar-refractivity contribution in [2.75, 3.05) is 0 Å². The average molecular weight is 448 g/mol. The largest absolute Gasteiger partial charge is 0.480 e. The third-order valence-corrected chi connectivity index (χ3v) is 5.07. The van der Waals surface area contributed by atoms with E-state index in [4.69, 9.17) is 5.11 Å². The number of halogens is 6. The van der Waals surface area contributed by atoms with Crippen molar-refractivity contribution in [2.45, 2.75) is 18.9 Å². The number of hydrogen-bond donors (Lipinski definition) is 1. The lowest BCUT2D eigenvalue weighted by atomic mass is 10.1. The van der Waals surface area contributed by atoms with E-state index in [2.05, 4.69) is 4.99 Å². The minimum absolute atomic E-state index is 0.118. The summed E-state index contributed by atoms with van der Waals surface area (Å²) in [6, 6.07) is 6.47. The zero-order chi connectivity index (χ0) is 22.3. The van der Waals surface area contributed by atoms with E-state index in [-0.39, 0.29) is 15.0 Å². The monoisotopic (exact) mass is 448 g/mol. The molecule has 0 unspecified atom stereocenters. The number of carbonyl (C=O) groups is 2. The molecule has 0 radical (unpaired) electrons. The van der Waals surface area contributed by atoms with Gasteiger partial charge in [-0.2, -0.15) is 31.3 Å². The molecular weight excluding hydrogens is 438 g/mol. The lowest BCUT2D eigenvalue weighted by Crippen LogP contribution is -2.21. The second kappa shape index (κ2) is 7.59. The minimum atomic E-state index is -4.74. The summed E-state index contributed by atoms with van der Waals surface area (Å²) in [4.78, 5) is 26.8. The van der Waals surface area contributed by atoms with E-state index in [1.807, 2.05) is 0 Å². The molecule has 0 aliphatic rings. The van der Waals surface area contributed by atoms with Gasteiger partial charge in [0.25, 0.3) is 5.91 Å². The number of carboxylic acid groups (broad SMARTS) is 1. The van der Waals surface area contributed by atoms with Gasteiger partial charge in [-0.05, 0) is 30.3 Å². The Kier molecular flexibility index (Phi) is 5.46. The van der Waals surface area contributed by atoms with E-state index in [1.165, 1.54) is 6.07 Å². The highest BCUT2D eigenvalue weighted by molar-refractivity contribution is 7.16. The summed E-state index contributed by atoms with van der Waals surface area (Å²) in [6.45, 7) is -0.796. The fraction of sp³-hybridized carbons (Fsp3) is 0.167. The van der Waals surface area contributed by atoms with Crippen LogP contribution in [0.1, 0.15) is 21.5 Å². The first kappa shape index (κ1) is 21.6. The molecule has 3 aromatic rings. The van der Waals surface area contributed by atoms with Gasteiger partial charge in [-0.3, -0.25) is 9.59 Å². The van der Waals surface area contributed by atoms with Crippen LogP contribution in [0.25, 0.3) is 10.2 Å². The van der Waals surface area contributed by atoms with Crippen LogP contribution in [0.5, 0.6) is 0 Å². The van der Waals surface area contributed by atoms with E-state index in [0.29, 0.717) is 17.4 Å². The molecule has 0 fully saturated rings. The van der Waals surface area contributed by atoms with Crippen molar-refractivity contribution in [3.05, 3.63) is 64.0 Å². The van der Waals surface area contributed by atoms with Gasteiger partial charge >= 0.3 is 18.3 Å². The molecule has 0 bridgehead atoms. The molecule has 30 heavy (non-hydrogen) atoms. The fourth-order valence-corrected chi connectivity index (χ4v) is 3.83. The number of nitrogens with zero attached hydrogens (tertiary/aromatic N) is 2. The quantitative estimate of drug-likeness (QED) is 0.597. The number of hydrogen-bond acceptors (Lipinski definition) is 3. The number of aromatic nitrogens is 1. The molecule has 3 rings (SSSR count). The van der Waals surface area contributed by atoms with Crippen LogP contribution in [0.4, 0.5) is 26.3 Å². The maximum Gasteiger partial charge on any atom is 0.417 e. The van der Waals surface area contributed by atoms with Gasteiger partial charge < -0.3 is 9.67 Å². The minimum Gasteiger partial charge on any atom is -0.480 e. The molecule has 1 N–H and O–H groups in total. The fourth-order valence-electron chi connectivity index (χ4n) is 2.67. The lowest BCUT2D eigenvalue weighted by molar-refractivity contribution is -0.138. The van der Waals surface area contributed by atoms with Crippen molar-refractivity contribution < 1.29 is 41.0 Å². The second-order valence-electron chi connectivity index (χ2n) is 6.01. The molecule has 0 aliphatic carbocycles. The summed E-state index contributed by atoms with van der Waals surface area (Å²) in [5.41, 5.74) is -2.71. The smallest absolute Gasteiger partial charge is 0.417 e. The van der Waals surface area contributed by atoms with E-state index >= 15 is 0 Å². The summed E-state index contributed by atoms with van der Waals surface area (Å²) >= 11 is 0.422. The Morgan fingerprint density at radius 2 is 1.67 bits per heavy atom. The second-order valence-corrected chi connectivity index (χ2v) is 6.99. The van der Waals surface area contributed by atoms with Crippen molar-refractivity contribution in [2.24, 2.45) is 4.99 Å². The normalized spacial score (nSPS) is 13.1. The molecule has 1 heterocycles. The van der Waals surface area contributed by atoms with Gasteiger partial charge in [0.15, 0.2) is 4.80 Å². The highest BCUT2D eigenvalue weighted by atomic mass is 32.1. The third kappa shape index (κ3) is 4.37. The molecule has 0 saturated heterocycles. The molecule has 2 aromatic carbocycles. The first-order valence-electron chi connectivity index (χ1n) is 8.05. The molecule has 0 spiro atoms. The number of amides is 1. The zero-order valence-corrected chi connectivity index (χ0v) is 15.4. The Labute approximate surface area is 167 Å². The van der Waals surface area contributed by atoms with Crippen molar-refractivity contribution in [3.8, 4) is 0 Å². The van der Waals surface area contributed by atoms with Gasteiger partial charge in [-0.15, -0.1) is 0 Å². The molecule has 12 heteroatoms. The van der Waals surface area contributed by atoms with Gasteiger partial charge in [0.2, 0.25) is 0 Å². The molecule has 1 aromatic heterocycles. The zero-order valence-electron chi connectivity index (χ0n) is 14.6. The summed E-state index contributed by atoms with van der Waals surface area (Å²) in [5, 5.41) is 9.09. The van der Waals surface area contributed by atoms with Gasteiger partial charge in [0.05, 0.1) is 21.3 Å². The topological polar surface area (TPSA) is 71.7 Å². The molecule has 1 amide bonds. The molecule has 0 atom stereocenters. The van der Waals surface area contributed by atoms with Gasteiger partial charge in [-0.25, -0.2) is 0 Å². The maximum absolute atomic E-state index is 13.3. The molecule has 0 aliphatic heterocycles. The van der Waals surface area contributed by atoms with Crippen molar-refractivity contribution in [3.63, 3.8) is 0 Å². The number of benzene rings is 2. The average Bonchev–Trinajstić information content (AvgIpc) is 2.97. The molecule has 5 nitrogen and oxygen atoms in total. The van der Waals surface area contributed by atoms with Crippen LogP contribution in [0.2, 0.25) is 0 Å². The predicted octanol–water partition coefficient (Wildman–Crippen LogP) is 4.57. The molecular formula is C18H10F6N2O3S. The summed E-state index contributed by atoms with van der Waals surface area (Å²) in [6.07, 6.45) is -9.45. The van der Waals surface area contributed by atoms with Crippen LogP contribution in [0, 0.1) is 0 Å². The third-order valence-electron chi connectivity index (χ3n) is 3.94. The Balaban J connectivity index is 2.20. The Hall–Kier alpha value is -3.15. The number of fused-ring (bicyclic) bond motifs is 1. The Morgan fingerprint density at radius 1 is 1.00 bits per heavy atom. The highest BCUT2D eigenvalue weighted by Crippen LogP contribution is 2.36. The molecule has 0 saturated carbocycles. The van der Waals surface area contributed by atoms with Crippen LogP contribution >= 0.6 is 11.3 Å². The number of carboxylic acids is 1. The first-order chi connectivity index (χ1) is 13.9. The lowest BCUT2D eigenvalue weighted by Gasteiger charge is -2.07. The Bertz CT molecular complexity index is 1210. The maximum atomic E-state index is 13.3. The summed E-state index contributed by atoms with van der Waals surface area (Å²) < 4.78 is 78.9. The van der Waals surface area contributed by atoms with E-state index in [0.717, 1.165) is 34.9 Å². The van der Waals surface area contributed by atoms with Crippen LogP contribution in [0.3, 0.4) is 0 Å². The van der Waals surface area contributed by atoms with Crippen molar-refractivity contribution >= 4 is 33.4 Å². The molecule has 158 valence electrons. The standard InChI is InChI=1S/C18H10F6N2O3S/c19-17(20,21)10-4-1-3-9(7-10)15(29)25-16-26(8-13(27)28)12-6-2-5-11(14(12)30-16)18(22,23)24/h1-7H,8H2,(H,27,28). The summed E-state index contributed by atoms with van der Waals surface area (Å²) in [5.74, 6) is -2.56. The van der Waals surface area contributed by atoms with E-state index in [9.17, 15) is 35.9 Å². The first-order valence-corrected chi connectivity index (χ1v) is 8.87. The van der Waals surface area contributed by atoms with E-state index in [1.54, 1.807) is 0 Å². The van der Waals surface area contributed by atoms with Crippen LogP contribution in [-0.2, 0) is 23.7 Å². The van der Waals surface area contributed by atoms with Crippen LogP contribution < -0.4 is 4.80 Å². The highest BCUT2D eigenvalue weighted by Gasteiger charge is 2.34. The van der Waals surface area contributed by atoms with Gasteiger partial charge in [-0.1, -0.05) is 23.5 Å². The van der Waals surface area contributed by atoms with Crippen LogP contribution in [0.15, 0.2) is 47.5 Å². The van der Waals surface area contributed by atoms with Crippen molar-refractivity contribution in [1.82, 2.24) is 4.57 Å². The van der Waals surface area contributed by atoms with Gasteiger partial charge in [0.1, 0.15) is 6.54 Å². The van der Waals surface area contributed by atoms with Gasteiger partial charge in [0, 0.05) is 5.56 Å².